The topological polar surface area (TPSA) is 78.9 Å². The van der Waals surface area contributed by atoms with Crippen LogP contribution in [0, 0.1) is 6.92 Å². The van der Waals surface area contributed by atoms with Crippen LogP contribution >= 0.6 is 0 Å². The molecule has 0 spiro atoms. The molecule has 0 aromatic heterocycles. The van der Waals surface area contributed by atoms with E-state index in [-0.39, 0.29) is 12.5 Å². The van der Waals surface area contributed by atoms with Gasteiger partial charge >= 0.3 is 0 Å². The number of anilines is 2. The van der Waals surface area contributed by atoms with Gasteiger partial charge in [-0.3, -0.25) is 14.5 Å². The molecule has 158 valence electrons. The molecule has 3 aromatic carbocycles. The smallest absolute Gasteiger partial charge is 0.268 e. The lowest BCUT2D eigenvalue weighted by Gasteiger charge is -2.24. The summed E-state index contributed by atoms with van der Waals surface area (Å²) in [5.74, 6) is -0.378. The average Bonchev–Trinajstić information content (AvgIpc) is 2.99. The number of hydrogen-bond donors (Lipinski definition) is 2. The highest BCUT2D eigenvalue weighted by Gasteiger charge is 2.51. The van der Waals surface area contributed by atoms with Gasteiger partial charge in [-0.1, -0.05) is 60.2 Å². The summed E-state index contributed by atoms with van der Waals surface area (Å²) in [4.78, 5) is 27.6. The Labute approximate surface area is 181 Å². The fraction of sp³-hybridized carbons (Fsp3) is 0.200. The molecule has 0 saturated heterocycles. The van der Waals surface area contributed by atoms with Crippen molar-refractivity contribution < 1.29 is 19.4 Å². The summed E-state index contributed by atoms with van der Waals surface area (Å²) < 4.78 is 5.55. The van der Waals surface area contributed by atoms with E-state index in [1.165, 1.54) is 4.90 Å². The molecule has 31 heavy (non-hydrogen) atoms. The Balaban J connectivity index is 1.63. The molecule has 6 nitrogen and oxygen atoms in total. The minimum absolute atomic E-state index is 0.232. The van der Waals surface area contributed by atoms with Crippen molar-refractivity contribution in [3.05, 3.63) is 89.5 Å². The summed E-state index contributed by atoms with van der Waals surface area (Å²) >= 11 is 0. The Hall–Kier alpha value is -3.64. The van der Waals surface area contributed by atoms with E-state index in [1.807, 2.05) is 32.0 Å². The van der Waals surface area contributed by atoms with E-state index in [2.05, 4.69) is 5.32 Å². The standard InChI is InChI=1S/C25H24N2O4/c1-3-31-22-11-7-5-9-20(22)26-23(28)16-27-21-10-6-4-8-19(21)25(30,24(27)29)18-14-12-17(2)13-15-18/h4-15,30H,3,16H2,1-2H3,(H,26,28)/t25-/m1/s1. The third-order valence-electron chi connectivity index (χ3n) is 5.37. The number of fused-ring (bicyclic) bond motifs is 1. The van der Waals surface area contributed by atoms with Crippen molar-refractivity contribution in [1.29, 1.82) is 0 Å². The second-order valence-corrected chi connectivity index (χ2v) is 7.46. The number of carbonyl (C=O) groups is 2. The Morgan fingerprint density at radius 1 is 1.03 bits per heavy atom. The monoisotopic (exact) mass is 416 g/mol. The van der Waals surface area contributed by atoms with Gasteiger partial charge in [0.15, 0.2) is 5.60 Å². The van der Waals surface area contributed by atoms with Crippen LogP contribution in [0.15, 0.2) is 72.8 Å². The first-order valence-electron chi connectivity index (χ1n) is 10.2. The molecule has 3 aromatic rings. The minimum Gasteiger partial charge on any atom is -0.492 e. The van der Waals surface area contributed by atoms with Crippen LogP contribution in [0.2, 0.25) is 0 Å². The van der Waals surface area contributed by atoms with Gasteiger partial charge in [0.05, 0.1) is 18.0 Å². The number of aliphatic hydroxyl groups is 1. The lowest BCUT2D eigenvalue weighted by atomic mass is 9.87. The van der Waals surface area contributed by atoms with Crippen molar-refractivity contribution in [1.82, 2.24) is 0 Å². The van der Waals surface area contributed by atoms with E-state index >= 15 is 0 Å². The molecule has 1 aliphatic rings. The maximum atomic E-state index is 13.4. The minimum atomic E-state index is -1.84. The summed E-state index contributed by atoms with van der Waals surface area (Å²) in [6.07, 6.45) is 0. The average molecular weight is 416 g/mol. The zero-order chi connectivity index (χ0) is 22.0. The fourth-order valence-electron chi connectivity index (χ4n) is 3.85. The van der Waals surface area contributed by atoms with Crippen LogP contribution in [0.25, 0.3) is 0 Å². The Kier molecular flexibility index (Phi) is 5.48. The molecule has 0 bridgehead atoms. The second-order valence-electron chi connectivity index (χ2n) is 7.46. The first-order valence-corrected chi connectivity index (χ1v) is 10.2. The van der Waals surface area contributed by atoms with E-state index in [1.54, 1.807) is 54.6 Å². The Morgan fingerprint density at radius 3 is 2.45 bits per heavy atom. The zero-order valence-electron chi connectivity index (χ0n) is 17.5. The van der Waals surface area contributed by atoms with Gasteiger partial charge in [-0.15, -0.1) is 0 Å². The summed E-state index contributed by atoms with van der Waals surface area (Å²) in [6.45, 7) is 4.04. The summed E-state index contributed by atoms with van der Waals surface area (Å²) in [7, 11) is 0. The highest BCUT2D eigenvalue weighted by molar-refractivity contribution is 6.12. The predicted molar refractivity (Wildman–Crippen MR) is 119 cm³/mol. The molecule has 0 aliphatic carbocycles. The number of rotatable bonds is 6. The lowest BCUT2D eigenvalue weighted by Crippen LogP contribution is -2.44. The van der Waals surface area contributed by atoms with Crippen molar-refractivity contribution in [3.8, 4) is 5.75 Å². The van der Waals surface area contributed by atoms with E-state index < -0.39 is 11.5 Å². The highest BCUT2D eigenvalue weighted by Crippen LogP contribution is 2.44. The molecule has 1 atom stereocenters. The van der Waals surface area contributed by atoms with Gasteiger partial charge in [0.2, 0.25) is 5.91 Å². The van der Waals surface area contributed by atoms with E-state index in [4.69, 9.17) is 4.74 Å². The molecule has 2 N–H and O–H groups in total. The molecule has 1 aliphatic heterocycles. The zero-order valence-corrected chi connectivity index (χ0v) is 17.5. The quantitative estimate of drug-likeness (QED) is 0.643. The number of benzene rings is 3. The number of para-hydroxylation sites is 3. The van der Waals surface area contributed by atoms with Crippen LogP contribution < -0.4 is 15.0 Å². The summed E-state index contributed by atoms with van der Waals surface area (Å²) in [5, 5.41) is 14.3. The van der Waals surface area contributed by atoms with Gasteiger partial charge in [-0.25, -0.2) is 0 Å². The number of amides is 2. The molecule has 6 heteroatoms. The maximum Gasteiger partial charge on any atom is 0.268 e. The summed E-state index contributed by atoms with van der Waals surface area (Å²) in [6, 6.07) is 21.3. The predicted octanol–water partition coefficient (Wildman–Crippen LogP) is 3.61. The molecule has 2 amide bonds. The van der Waals surface area contributed by atoms with Crippen LogP contribution in [-0.2, 0) is 15.2 Å². The third-order valence-corrected chi connectivity index (χ3v) is 5.37. The molecular weight excluding hydrogens is 392 g/mol. The van der Waals surface area contributed by atoms with E-state index in [9.17, 15) is 14.7 Å². The van der Waals surface area contributed by atoms with Gasteiger partial charge in [-0.05, 0) is 37.6 Å². The van der Waals surface area contributed by atoms with Gasteiger partial charge in [-0.2, -0.15) is 0 Å². The lowest BCUT2D eigenvalue weighted by molar-refractivity contribution is -0.133. The van der Waals surface area contributed by atoms with Crippen LogP contribution in [0.4, 0.5) is 11.4 Å². The Bertz CT molecular complexity index is 1130. The third kappa shape index (κ3) is 3.66. The first kappa shape index (κ1) is 20.6. The second kappa shape index (κ2) is 8.24. The van der Waals surface area contributed by atoms with Crippen LogP contribution in [-0.4, -0.2) is 30.1 Å². The largest absolute Gasteiger partial charge is 0.492 e. The molecular formula is C25H24N2O4. The Morgan fingerprint density at radius 2 is 1.71 bits per heavy atom. The number of nitrogens with zero attached hydrogens (tertiary/aromatic N) is 1. The van der Waals surface area contributed by atoms with Crippen molar-refractivity contribution in [3.63, 3.8) is 0 Å². The summed E-state index contributed by atoms with van der Waals surface area (Å²) in [5.41, 5.74) is 1.17. The molecule has 0 saturated carbocycles. The normalized spacial score (nSPS) is 17.4. The van der Waals surface area contributed by atoms with Crippen molar-refractivity contribution in [2.24, 2.45) is 0 Å². The van der Waals surface area contributed by atoms with Gasteiger partial charge in [0.1, 0.15) is 12.3 Å². The van der Waals surface area contributed by atoms with Crippen LogP contribution in [0.1, 0.15) is 23.6 Å². The molecule has 1 heterocycles. The van der Waals surface area contributed by atoms with Crippen molar-refractivity contribution in [2.45, 2.75) is 19.4 Å². The molecule has 4 rings (SSSR count). The van der Waals surface area contributed by atoms with Gasteiger partial charge < -0.3 is 15.2 Å². The number of ether oxygens (including phenoxy) is 1. The van der Waals surface area contributed by atoms with Gasteiger partial charge in [0.25, 0.3) is 5.91 Å². The van der Waals surface area contributed by atoms with Crippen LogP contribution in [0.5, 0.6) is 5.75 Å². The number of hydrogen-bond acceptors (Lipinski definition) is 4. The van der Waals surface area contributed by atoms with Gasteiger partial charge in [0, 0.05) is 5.56 Å². The van der Waals surface area contributed by atoms with Crippen molar-refractivity contribution >= 4 is 23.2 Å². The van der Waals surface area contributed by atoms with E-state index in [0.717, 1.165) is 5.56 Å². The molecule has 0 unspecified atom stereocenters. The van der Waals surface area contributed by atoms with E-state index in [0.29, 0.717) is 34.9 Å². The number of nitrogens with one attached hydrogen (secondary N) is 1. The maximum absolute atomic E-state index is 13.4. The molecule has 0 fully saturated rings. The highest BCUT2D eigenvalue weighted by atomic mass is 16.5. The molecule has 0 radical (unpaired) electrons. The van der Waals surface area contributed by atoms with Crippen molar-refractivity contribution in [2.75, 3.05) is 23.4 Å². The number of carbonyl (C=O) groups excluding carboxylic acids is 2. The SMILES string of the molecule is CCOc1ccccc1NC(=O)CN1C(=O)[C@@](O)(c2ccc(C)cc2)c2ccccc21. The number of aryl methyl sites for hydroxylation is 1. The first-order chi connectivity index (χ1) is 14.9. The van der Waals surface area contributed by atoms with Crippen LogP contribution in [0.3, 0.4) is 0 Å². The fourth-order valence-corrected chi connectivity index (χ4v) is 3.85.